The number of hydrogen-bond donors (Lipinski definition) is 2. The molecule has 6 nitrogen and oxygen atoms in total. The van der Waals surface area contributed by atoms with E-state index in [2.05, 4.69) is 10.1 Å². The number of alkyl halides is 2. The maximum Gasteiger partial charge on any atom is 0.387 e. The van der Waals surface area contributed by atoms with Crippen molar-refractivity contribution in [3.63, 3.8) is 0 Å². The molecule has 0 unspecified atom stereocenters. The van der Waals surface area contributed by atoms with Crippen LogP contribution in [0.1, 0.15) is 5.56 Å². The number of ether oxygens (including phenoxy) is 3. The Hall–Kier alpha value is -3.72. The van der Waals surface area contributed by atoms with Gasteiger partial charge in [-0.3, -0.25) is 0 Å². The lowest BCUT2D eigenvalue weighted by Gasteiger charge is -2.19. The second kappa shape index (κ2) is 9.61. The molecule has 4 rings (SSSR count). The number of aliphatic hydroxyl groups is 1. The maximum absolute atomic E-state index is 12.4. The molecule has 0 bridgehead atoms. The molecular formula is C23H19F2N2O4S+. The summed E-state index contributed by atoms with van der Waals surface area (Å²) >= 11 is 5.58. The molecule has 32 heavy (non-hydrogen) atoms. The van der Waals surface area contributed by atoms with E-state index in [1.165, 1.54) is 12.1 Å². The van der Waals surface area contributed by atoms with E-state index in [-0.39, 0.29) is 16.5 Å². The number of halogens is 2. The molecule has 2 heterocycles. The predicted molar refractivity (Wildman–Crippen MR) is 119 cm³/mol. The van der Waals surface area contributed by atoms with Crippen molar-refractivity contribution in [3.05, 3.63) is 78.6 Å². The van der Waals surface area contributed by atoms with Gasteiger partial charge in [0.05, 0.1) is 0 Å². The molecule has 3 aromatic rings. The number of anilines is 1. The molecule has 0 spiro atoms. The minimum Gasteiger partial charge on any atom is -0.502 e. The van der Waals surface area contributed by atoms with E-state index in [0.29, 0.717) is 41.7 Å². The number of fused-ring (bicyclic) bond motifs is 1. The first-order chi connectivity index (χ1) is 15.5. The van der Waals surface area contributed by atoms with Gasteiger partial charge in [-0.15, -0.1) is 0 Å². The second-order valence-electron chi connectivity index (χ2n) is 6.70. The lowest BCUT2D eigenvalue weighted by molar-refractivity contribution is -0.575. The lowest BCUT2D eigenvalue weighted by atomic mass is 10.1. The standard InChI is InChI=1S/C23H18F2N2O4S/c24-23(25)31-17-7-5-16(6-8-17)26-22(32)20(27-10-2-1-3-11-27)21(28)15-4-9-18-19(14-15)30-13-12-29-18/h1-11,14,23H,12-13H2,(H-,26,28,32)/p+1. The van der Waals surface area contributed by atoms with Gasteiger partial charge in [0.15, 0.2) is 34.6 Å². The van der Waals surface area contributed by atoms with Crippen LogP contribution in [-0.2, 0) is 0 Å². The summed E-state index contributed by atoms with van der Waals surface area (Å²) in [4.78, 5) is 0.219. The highest BCUT2D eigenvalue weighted by Gasteiger charge is 2.25. The van der Waals surface area contributed by atoms with Gasteiger partial charge in [-0.1, -0.05) is 18.3 Å². The Morgan fingerprint density at radius 1 is 1.00 bits per heavy atom. The molecule has 9 heteroatoms. The number of nitrogens with zero attached hydrogens (tertiary/aromatic N) is 1. The zero-order chi connectivity index (χ0) is 22.5. The van der Waals surface area contributed by atoms with Crippen molar-refractivity contribution in [2.75, 3.05) is 18.5 Å². The Balaban J connectivity index is 1.67. The highest BCUT2D eigenvalue weighted by Crippen LogP contribution is 2.33. The Morgan fingerprint density at radius 2 is 1.69 bits per heavy atom. The molecule has 164 valence electrons. The SMILES string of the molecule is O/C(=C(\C(=S)Nc1ccc(OC(F)F)cc1)[n+]1ccccc1)c1ccc2c(c1)OCCO2. The highest BCUT2D eigenvalue weighted by molar-refractivity contribution is 7.81. The van der Waals surface area contributed by atoms with Crippen molar-refractivity contribution in [2.24, 2.45) is 0 Å². The summed E-state index contributed by atoms with van der Waals surface area (Å²) in [6.45, 7) is -2.01. The van der Waals surface area contributed by atoms with Crippen molar-refractivity contribution >= 4 is 34.3 Å². The van der Waals surface area contributed by atoms with Gasteiger partial charge in [-0.25, -0.2) is 0 Å². The zero-order valence-corrected chi connectivity index (χ0v) is 17.5. The first-order valence-electron chi connectivity index (χ1n) is 9.67. The predicted octanol–water partition coefficient (Wildman–Crippen LogP) is 4.67. The second-order valence-corrected chi connectivity index (χ2v) is 7.10. The van der Waals surface area contributed by atoms with E-state index in [9.17, 15) is 13.9 Å². The Kier molecular flexibility index (Phi) is 6.46. The third kappa shape index (κ3) is 4.94. The molecule has 2 N–H and O–H groups in total. The van der Waals surface area contributed by atoms with Crippen molar-refractivity contribution in [2.45, 2.75) is 6.61 Å². The van der Waals surface area contributed by atoms with Crippen LogP contribution >= 0.6 is 12.2 Å². The Morgan fingerprint density at radius 3 is 2.38 bits per heavy atom. The summed E-state index contributed by atoms with van der Waals surface area (Å²) in [6.07, 6.45) is 3.49. The molecule has 0 atom stereocenters. The quantitative estimate of drug-likeness (QED) is 0.243. The van der Waals surface area contributed by atoms with Crippen molar-refractivity contribution in [3.8, 4) is 17.2 Å². The van der Waals surface area contributed by atoms with E-state index >= 15 is 0 Å². The highest BCUT2D eigenvalue weighted by atomic mass is 32.1. The molecule has 1 aliphatic heterocycles. The third-order valence-electron chi connectivity index (χ3n) is 4.57. The molecular weight excluding hydrogens is 438 g/mol. The average Bonchev–Trinajstić information content (AvgIpc) is 2.80. The topological polar surface area (TPSA) is 63.8 Å². The normalized spacial score (nSPS) is 13.3. The summed E-state index contributed by atoms with van der Waals surface area (Å²) in [5.41, 5.74) is 1.36. The van der Waals surface area contributed by atoms with Crippen LogP contribution in [0.4, 0.5) is 14.5 Å². The van der Waals surface area contributed by atoms with Gasteiger partial charge in [-0.2, -0.15) is 13.3 Å². The molecule has 0 saturated heterocycles. The molecule has 0 aliphatic carbocycles. The number of thiocarbonyl (C=S) groups is 1. The molecule has 0 radical (unpaired) electrons. The number of nitrogens with one attached hydrogen (secondary N) is 1. The first kappa shape index (κ1) is 21.5. The van der Waals surface area contributed by atoms with Gasteiger partial charge in [0, 0.05) is 23.4 Å². The summed E-state index contributed by atoms with van der Waals surface area (Å²) in [5, 5.41) is 14.2. The monoisotopic (exact) mass is 457 g/mol. The van der Waals surface area contributed by atoms with Gasteiger partial charge in [0.25, 0.3) is 5.70 Å². The number of aromatic nitrogens is 1. The van der Waals surface area contributed by atoms with Crippen LogP contribution in [0.5, 0.6) is 17.2 Å². The van der Waals surface area contributed by atoms with E-state index < -0.39 is 6.61 Å². The minimum atomic E-state index is -2.90. The van der Waals surface area contributed by atoms with Crippen LogP contribution in [0.15, 0.2) is 73.1 Å². The largest absolute Gasteiger partial charge is 0.502 e. The molecule has 1 aliphatic rings. The number of hydrogen-bond acceptors (Lipinski definition) is 5. The molecule has 0 amide bonds. The maximum atomic E-state index is 12.4. The van der Waals surface area contributed by atoms with Crippen LogP contribution in [0.3, 0.4) is 0 Å². The zero-order valence-electron chi connectivity index (χ0n) is 16.7. The van der Waals surface area contributed by atoms with Gasteiger partial charge in [-0.05, 0) is 42.5 Å². The summed E-state index contributed by atoms with van der Waals surface area (Å²) in [6, 6.07) is 16.5. The van der Waals surface area contributed by atoms with Crippen molar-refractivity contribution in [1.82, 2.24) is 0 Å². The van der Waals surface area contributed by atoms with Crippen molar-refractivity contribution in [1.29, 1.82) is 0 Å². The van der Waals surface area contributed by atoms with Gasteiger partial charge in [0.1, 0.15) is 19.0 Å². The summed E-state index contributed by atoms with van der Waals surface area (Å²) < 4.78 is 41.9. The van der Waals surface area contributed by atoms with Crippen LogP contribution < -0.4 is 24.1 Å². The fourth-order valence-electron chi connectivity index (χ4n) is 3.13. The van der Waals surface area contributed by atoms with Crippen LogP contribution in [0, 0.1) is 0 Å². The van der Waals surface area contributed by atoms with Crippen LogP contribution in [0.2, 0.25) is 0 Å². The Bertz CT molecular complexity index is 1140. The summed E-state index contributed by atoms with van der Waals surface area (Å²) in [5.74, 6) is 1.09. The third-order valence-corrected chi connectivity index (χ3v) is 4.86. The Labute approximate surface area is 188 Å². The average molecular weight is 457 g/mol. The number of pyridine rings is 1. The number of aliphatic hydroxyl groups excluding tert-OH is 1. The van der Waals surface area contributed by atoms with Gasteiger partial charge in [0.2, 0.25) is 0 Å². The first-order valence-corrected chi connectivity index (χ1v) is 10.1. The molecule has 1 aromatic heterocycles. The molecule has 0 fully saturated rings. The van der Waals surface area contributed by atoms with Crippen molar-refractivity contribution < 1.29 is 32.7 Å². The summed E-state index contributed by atoms with van der Waals surface area (Å²) in [7, 11) is 0. The van der Waals surface area contributed by atoms with Crippen LogP contribution in [0.25, 0.3) is 11.5 Å². The van der Waals surface area contributed by atoms with Crippen LogP contribution in [-0.4, -0.2) is 29.9 Å². The smallest absolute Gasteiger partial charge is 0.387 e. The minimum absolute atomic E-state index is 0.0313. The number of benzene rings is 2. The fraction of sp³-hybridized carbons (Fsp3) is 0.130. The van der Waals surface area contributed by atoms with Gasteiger partial charge >= 0.3 is 6.61 Å². The van der Waals surface area contributed by atoms with E-state index in [0.717, 1.165) is 0 Å². The van der Waals surface area contributed by atoms with E-state index in [4.69, 9.17) is 21.7 Å². The molecule has 2 aromatic carbocycles. The van der Waals surface area contributed by atoms with E-state index in [1.807, 2.05) is 6.07 Å². The fourth-order valence-corrected chi connectivity index (χ4v) is 3.45. The van der Waals surface area contributed by atoms with Gasteiger partial charge < -0.3 is 24.6 Å². The molecule has 0 saturated carbocycles. The van der Waals surface area contributed by atoms with E-state index in [1.54, 1.807) is 59.4 Å². The number of rotatable bonds is 6. The lowest BCUT2D eigenvalue weighted by Crippen LogP contribution is -2.38.